The molecule has 0 radical (unpaired) electrons. The van der Waals surface area contributed by atoms with E-state index in [0.717, 1.165) is 0 Å². The molecule has 0 spiro atoms. The van der Waals surface area contributed by atoms with Gasteiger partial charge >= 0.3 is 11.9 Å². The highest BCUT2D eigenvalue weighted by Gasteiger charge is 2.18. The molecular weight excluding hydrogens is 305 g/mol. The van der Waals surface area contributed by atoms with Gasteiger partial charge in [-0.3, -0.25) is 4.79 Å². The van der Waals surface area contributed by atoms with Crippen LogP contribution in [0.2, 0.25) is 10.3 Å². The number of halogens is 2. The second kappa shape index (κ2) is 5.85. The lowest BCUT2D eigenvalue weighted by Gasteiger charge is -2.08. The van der Waals surface area contributed by atoms with E-state index in [1.165, 1.54) is 0 Å². The Hall–Kier alpha value is -2.18. The number of carboxylic acid groups (broad SMARTS) is 1. The molecule has 20 heavy (non-hydrogen) atoms. The number of carbonyl (C=O) groups excluding carboxylic acids is 1. The average molecular weight is 312 g/mol. The number of aliphatic carboxylic acids is 1. The summed E-state index contributed by atoms with van der Waals surface area (Å²) in [4.78, 5) is 29.5. The minimum absolute atomic E-state index is 0.139. The third-order valence-electron chi connectivity index (χ3n) is 2.29. The van der Waals surface area contributed by atoms with Crippen molar-refractivity contribution < 1.29 is 14.7 Å². The summed E-state index contributed by atoms with van der Waals surface area (Å²) in [6.45, 7) is 0. The molecule has 0 aliphatic carbocycles. The van der Waals surface area contributed by atoms with Crippen LogP contribution in [0, 0.1) is 0 Å². The number of nitrogens with one attached hydrogen (secondary N) is 1. The van der Waals surface area contributed by atoms with Crippen molar-refractivity contribution in [1.82, 2.24) is 9.97 Å². The molecule has 0 saturated carbocycles. The van der Waals surface area contributed by atoms with Crippen molar-refractivity contribution in [3.05, 3.63) is 40.6 Å². The summed E-state index contributed by atoms with van der Waals surface area (Å²) in [5.74, 6) is -2.66. The molecule has 0 fully saturated rings. The monoisotopic (exact) mass is 311 g/mol. The summed E-state index contributed by atoms with van der Waals surface area (Å²) in [7, 11) is 0. The van der Waals surface area contributed by atoms with Crippen LogP contribution < -0.4 is 5.32 Å². The summed E-state index contributed by atoms with van der Waals surface area (Å²) < 4.78 is 0. The highest BCUT2D eigenvalue weighted by Crippen LogP contribution is 2.29. The van der Waals surface area contributed by atoms with Crippen molar-refractivity contribution >= 4 is 40.8 Å². The Morgan fingerprint density at radius 3 is 2.10 bits per heavy atom. The quantitative estimate of drug-likeness (QED) is 0.656. The highest BCUT2D eigenvalue weighted by molar-refractivity contribution is 6.42. The van der Waals surface area contributed by atoms with Gasteiger partial charge < -0.3 is 10.4 Å². The molecule has 6 nitrogen and oxygen atoms in total. The molecule has 0 unspecified atom stereocenters. The predicted octanol–water partition coefficient (Wildman–Crippen LogP) is 2.47. The molecule has 8 heteroatoms. The lowest BCUT2D eigenvalue weighted by Crippen LogP contribution is -2.22. The Balaban J connectivity index is 2.39. The third-order valence-corrected chi connectivity index (χ3v) is 2.83. The zero-order valence-electron chi connectivity index (χ0n) is 9.80. The molecule has 1 heterocycles. The highest BCUT2D eigenvalue weighted by atomic mass is 35.5. The maximum Gasteiger partial charge on any atom is 0.394 e. The zero-order valence-corrected chi connectivity index (χ0v) is 11.3. The Bertz CT molecular complexity index is 654. The van der Waals surface area contributed by atoms with E-state index in [-0.39, 0.29) is 21.8 Å². The van der Waals surface area contributed by atoms with Gasteiger partial charge in [0.1, 0.15) is 5.69 Å². The Kier molecular flexibility index (Phi) is 4.16. The van der Waals surface area contributed by atoms with Crippen molar-refractivity contribution in [1.29, 1.82) is 0 Å². The lowest BCUT2D eigenvalue weighted by molar-refractivity contribution is -0.147. The largest absolute Gasteiger partial charge is 0.474 e. The van der Waals surface area contributed by atoms with Crippen LogP contribution in [-0.2, 0) is 9.59 Å². The van der Waals surface area contributed by atoms with Crippen molar-refractivity contribution in [2.45, 2.75) is 0 Å². The molecule has 0 aliphatic rings. The van der Waals surface area contributed by atoms with Crippen LogP contribution in [0.1, 0.15) is 0 Å². The Labute approximate surface area is 123 Å². The van der Waals surface area contributed by atoms with Gasteiger partial charge in [0.15, 0.2) is 16.1 Å². The first-order chi connectivity index (χ1) is 9.49. The number of amides is 1. The summed E-state index contributed by atoms with van der Waals surface area (Å²) in [5, 5.41) is 10.3. The first kappa shape index (κ1) is 14.2. The van der Waals surface area contributed by atoms with Gasteiger partial charge in [0.05, 0.1) is 0 Å². The first-order valence-electron chi connectivity index (χ1n) is 5.31. The van der Waals surface area contributed by atoms with Gasteiger partial charge in [-0.15, -0.1) is 0 Å². The van der Waals surface area contributed by atoms with Crippen molar-refractivity contribution in [2.24, 2.45) is 0 Å². The molecule has 1 amide bonds. The predicted molar refractivity (Wildman–Crippen MR) is 73.8 cm³/mol. The molecule has 2 rings (SSSR count). The average Bonchev–Trinajstić information content (AvgIpc) is 2.43. The van der Waals surface area contributed by atoms with Gasteiger partial charge in [-0.05, 0) is 0 Å². The van der Waals surface area contributed by atoms with Crippen LogP contribution in [0.15, 0.2) is 30.3 Å². The molecule has 1 aromatic carbocycles. The molecule has 2 N–H and O–H groups in total. The van der Waals surface area contributed by atoms with E-state index in [1.54, 1.807) is 24.3 Å². The number of nitrogens with zero attached hydrogens (tertiary/aromatic N) is 2. The minimum atomic E-state index is -1.66. The van der Waals surface area contributed by atoms with Crippen molar-refractivity contribution in [3.8, 4) is 11.4 Å². The van der Waals surface area contributed by atoms with Crippen LogP contribution in [0.3, 0.4) is 0 Å². The van der Waals surface area contributed by atoms with Crippen LogP contribution in [0.4, 0.5) is 5.69 Å². The number of rotatable bonds is 2. The number of anilines is 1. The number of aromatic nitrogens is 2. The fourth-order valence-corrected chi connectivity index (χ4v) is 1.88. The van der Waals surface area contributed by atoms with Gasteiger partial charge in [-0.25, -0.2) is 14.8 Å². The number of carbonyl (C=O) groups is 2. The first-order valence-corrected chi connectivity index (χ1v) is 6.07. The SMILES string of the molecule is O=C(O)C(=O)Nc1c(Cl)nc(-c2ccccc2)nc1Cl. The smallest absolute Gasteiger partial charge is 0.394 e. The fourth-order valence-electron chi connectivity index (χ4n) is 1.39. The van der Waals surface area contributed by atoms with Crippen LogP contribution in [0.25, 0.3) is 11.4 Å². The van der Waals surface area contributed by atoms with Crippen molar-refractivity contribution in [3.63, 3.8) is 0 Å². The van der Waals surface area contributed by atoms with Crippen molar-refractivity contribution in [2.75, 3.05) is 5.32 Å². The zero-order chi connectivity index (χ0) is 14.7. The summed E-state index contributed by atoms with van der Waals surface area (Å²) in [6, 6.07) is 8.93. The number of hydrogen-bond acceptors (Lipinski definition) is 4. The van der Waals surface area contributed by atoms with E-state index in [2.05, 4.69) is 9.97 Å². The van der Waals surface area contributed by atoms with E-state index in [4.69, 9.17) is 28.3 Å². The summed E-state index contributed by atoms with van der Waals surface area (Å²) in [5.41, 5.74) is 0.549. The van der Waals surface area contributed by atoms with Gasteiger partial charge in [0, 0.05) is 5.56 Å². The number of hydrogen-bond donors (Lipinski definition) is 2. The van der Waals surface area contributed by atoms with E-state index < -0.39 is 11.9 Å². The standard InChI is InChI=1S/C12H7Cl2N3O3/c13-8-7(15-11(18)12(19)20)9(14)17-10(16-8)6-4-2-1-3-5-6/h1-5H,(H,15,18)(H,19,20). The van der Waals surface area contributed by atoms with Gasteiger partial charge in [0.25, 0.3) is 0 Å². The Morgan fingerprint density at radius 2 is 1.60 bits per heavy atom. The molecule has 0 aliphatic heterocycles. The molecule has 2 aromatic rings. The van der Waals surface area contributed by atoms with E-state index in [1.807, 2.05) is 11.4 Å². The number of carboxylic acids is 1. The molecule has 0 atom stereocenters. The lowest BCUT2D eigenvalue weighted by atomic mass is 10.2. The molecular formula is C12H7Cl2N3O3. The van der Waals surface area contributed by atoms with Crippen LogP contribution in [-0.4, -0.2) is 27.0 Å². The molecule has 1 aromatic heterocycles. The normalized spacial score (nSPS) is 10.1. The fraction of sp³-hybridized carbons (Fsp3) is 0. The third kappa shape index (κ3) is 3.04. The second-order valence-electron chi connectivity index (χ2n) is 3.63. The van der Waals surface area contributed by atoms with Gasteiger partial charge in [-0.1, -0.05) is 53.5 Å². The molecule has 0 bridgehead atoms. The van der Waals surface area contributed by atoms with E-state index >= 15 is 0 Å². The van der Waals surface area contributed by atoms with Crippen LogP contribution in [0.5, 0.6) is 0 Å². The Morgan fingerprint density at radius 1 is 1.05 bits per heavy atom. The summed E-state index contributed by atoms with van der Waals surface area (Å²) >= 11 is 11.8. The maximum atomic E-state index is 11.1. The van der Waals surface area contributed by atoms with Gasteiger partial charge in [-0.2, -0.15) is 0 Å². The maximum absolute atomic E-state index is 11.1. The van der Waals surface area contributed by atoms with Gasteiger partial charge in [0.2, 0.25) is 0 Å². The molecule has 102 valence electrons. The van der Waals surface area contributed by atoms with Crippen LogP contribution >= 0.6 is 23.2 Å². The van der Waals surface area contributed by atoms with E-state index in [9.17, 15) is 9.59 Å². The number of benzene rings is 1. The van der Waals surface area contributed by atoms with E-state index in [0.29, 0.717) is 5.56 Å². The minimum Gasteiger partial charge on any atom is -0.474 e. The topological polar surface area (TPSA) is 92.2 Å². The molecule has 0 saturated heterocycles. The second-order valence-corrected chi connectivity index (χ2v) is 4.35. The summed E-state index contributed by atoms with van der Waals surface area (Å²) in [6.07, 6.45) is 0.